The van der Waals surface area contributed by atoms with E-state index in [0.717, 1.165) is 50.4 Å². The first-order valence-electron chi connectivity index (χ1n) is 10.9. The van der Waals surface area contributed by atoms with Crippen LogP contribution in [0, 0.1) is 13.8 Å². The summed E-state index contributed by atoms with van der Waals surface area (Å²) in [4.78, 5) is 30.7. The molecule has 0 radical (unpaired) electrons. The number of carbonyl (C=O) groups is 1. The minimum atomic E-state index is 0.0201. The topological polar surface area (TPSA) is 62.2 Å². The van der Waals surface area contributed by atoms with Crippen LogP contribution in [0.1, 0.15) is 45.8 Å². The second-order valence-corrected chi connectivity index (χ2v) is 8.18. The first-order valence-corrected chi connectivity index (χ1v) is 10.9. The molecular weight excluding hydrogens is 386 g/mol. The van der Waals surface area contributed by atoms with Crippen molar-refractivity contribution in [1.29, 1.82) is 0 Å². The van der Waals surface area contributed by atoms with Crippen molar-refractivity contribution < 1.29 is 4.79 Å². The second kappa shape index (κ2) is 9.79. The maximum Gasteiger partial charge on any atom is 0.272 e. The lowest BCUT2D eigenvalue weighted by molar-refractivity contribution is 0.0584. The first kappa shape index (κ1) is 21.1. The molecule has 0 saturated carbocycles. The van der Waals surface area contributed by atoms with Gasteiger partial charge >= 0.3 is 0 Å². The molecule has 0 N–H and O–H groups in total. The van der Waals surface area contributed by atoms with Crippen molar-refractivity contribution in [3.8, 4) is 0 Å². The Labute approximate surface area is 184 Å². The Hall–Kier alpha value is -3.12. The Bertz CT molecular complexity index is 968. The van der Waals surface area contributed by atoms with E-state index in [0.29, 0.717) is 11.7 Å². The van der Waals surface area contributed by atoms with Gasteiger partial charge < -0.3 is 4.90 Å². The largest absolute Gasteiger partial charge is 0.337 e. The smallest absolute Gasteiger partial charge is 0.272 e. The Morgan fingerprint density at radius 1 is 0.871 bits per heavy atom. The molecule has 0 spiro atoms. The number of hydrogen-bond donors (Lipinski definition) is 0. The molecular formula is C25H29N5O. The highest BCUT2D eigenvalue weighted by molar-refractivity contribution is 5.92. The van der Waals surface area contributed by atoms with Crippen LogP contribution in [0.5, 0.6) is 0 Å². The van der Waals surface area contributed by atoms with E-state index in [-0.39, 0.29) is 5.91 Å². The highest BCUT2D eigenvalue weighted by atomic mass is 16.2. The van der Waals surface area contributed by atoms with Crippen molar-refractivity contribution in [3.63, 3.8) is 0 Å². The fraction of sp³-hybridized carbons (Fsp3) is 0.360. The van der Waals surface area contributed by atoms with Crippen LogP contribution in [0.15, 0.2) is 61.1 Å². The molecule has 160 valence electrons. The fourth-order valence-electron chi connectivity index (χ4n) is 4.15. The Kier molecular flexibility index (Phi) is 6.67. The molecule has 0 bridgehead atoms. The second-order valence-electron chi connectivity index (χ2n) is 8.18. The predicted molar refractivity (Wildman–Crippen MR) is 120 cm³/mol. The van der Waals surface area contributed by atoms with Crippen LogP contribution < -0.4 is 0 Å². The predicted octanol–water partition coefficient (Wildman–Crippen LogP) is 3.80. The van der Waals surface area contributed by atoms with Gasteiger partial charge in [0.05, 0.1) is 11.4 Å². The number of aryl methyl sites for hydroxylation is 2. The molecule has 4 heterocycles. The van der Waals surface area contributed by atoms with Crippen LogP contribution in [-0.4, -0.2) is 49.8 Å². The van der Waals surface area contributed by atoms with Gasteiger partial charge in [0, 0.05) is 50.8 Å². The Morgan fingerprint density at radius 3 is 1.97 bits per heavy atom. The summed E-state index contributed by atoms with van der Waals surface area (Å²) < 4.78 is 0. The van der Waals surface area contributed by atoms with Crippen LogP contribution >= 0.6 is 0 Å². The minimum absolute atomic E-state index is 0.0201. The molecule has 1 aliphatic rings. The van der Waals surface area contributed by atoms with Gasteiger partial charge in [-0.15, -0.1) is 0 Å². The molecule has 31 heavy (non-hydrogen) atoms. The number of likely N-dealkylation sites (tertiary alicyclic amines) is 1. The molecule has 1 fully saturated rings. The fourth-order valence-corrected chi connectivity index (χ4v) is 4.15. The van der Waals surface area contributed by atoms with Gasteiger partial charge in [-0.05, 0) is 62.1 Å². The van der Waals surface area contributed by atoms with Gasteiger partial charge in [0.15, 0.2) is 0 Å². The third-order valence-corrected chi connectivity index (χ3v) is 6.09. The number of amides is 1. The Morgan fingerprint density at radius 2 is 1.45 bits per heavy atom. The van der Waals surface area contributed by atoms with Crippen LogP contribution in [-0.2, 0) is 13.1 Å². The van der Waals surface area contributed by atoms with E-state index in [4.69, 9.17) is 0 Å². The summed E-state index contributed by atoms with van der Waals surface area (Å²) in [7, 11) is 0. The first-order chi connectivity index (χ1) is 15.1. The van der Waals surface area contributed by atoms with Gasteiger partial charge in [-0.3, -0.25) is 24.6 Å². The molecule has 3 aromatic heterocycles. The highest BCUT2D eigenvalue weighted by Gasteiger charge is 2.29. The van der Waals surface area contributed by atoms with Crippen molar-refractivity contribution in [2.24, 2.45) is 0 Å². The number of aromatic nitrogens is 3. The van der Waals surface area contributed by atoms with E-state index >= 15 is 0 Å². The molecule has 1 aliphatic heterocycles. The molecule has 1 saturated heterocycles. The van der Waals surface area contributed by atoms with Crippen molar-refractivity contribution in [3.05, 3.63) is 89.3 Å². The van der Waals surface area contributed by atoms with Crippen molar-refractivity contribution in [2.45, 2.75) is 45.8 Å². The van der Waals surface area contributed by atoms with Crippen LogP contribution in [0.4, 0.5) is 0 Å². The summed E-state index contributed by atoms with van der Waals surface area (Å²) in [5, 5.41) is 0. The number of piperidine rings is 1. The standard InChI is InChI=1S/C25H29N5O/c1-19-7-5-13-27-23(19)17-30(18-24-20(2)8-6-14-28-24)21-10-15-29(16-11-21)25(31)22-9-3-4-12-26-22/h3-9,12-14,21H,10-11,15-18H2,1-2H3. The number of nitrogens with zero attached hydrogens (tertiary/aromatic N) is 5. The van der Waals surface area contributed by atoms with E-state index in [1.807, 2.05) is 41.6 Å². The van der Waals surface area contributed by atoms with E-state index < -0.39 is 0 Å². The molecule has 6 heteroatoms. The molecule has 3 aromatic rings. The van der Waals surface area contributed by atoms with Gasteiger partial charge in [-0.25, -0.2) is 0 Å². The molecule has 0 unspecified atom stereocenters. The lowest BCUT2D eigenvalue weighted by Crippen LogP contribution is -2.46. The molecule has 0 aromatic carbocycles. The normalized spacial score (nSPS) is 14.7. The van der Waals surface area contributed by atoms with Crippen LogP contribution in [0.25, 0.3) is 0 Å². The third-order valence-electron chi connectivity index (χ3n) is 6.09. The summed E-state index contributed by atoms with van der Waals surface area (Å²) in [6.45, 7) is 7.25. The van der Waals surface area contributed by atoms with Gasteiger partial charge in [-0.1, -0.05) is 18.2 Å². The summed E-state index contributed by atoms with van der Waals surface area (Å²) in [5.74, 6) is 0.0201. The average Bonchev–Trinajstić information content (AvgIpc) is 2.81. The minimum Gasteiger partial charge on any atom is -0.337 e. The summed E-state index contributed by atoms with van der Waals surface area (Å²) in [6, 6.07) is 14.0. The number of rotatable bonds is 6. The van der Waals surface area contributed by atoms with Gasteiger partial charge in [0.25, 0.3) is 5.91 Å². The van der Waals surface area contributed by atoms with E-state index in [2.05, 4.69) is 45.8 Å². The zero-order valence-corrected chi connectivity index (χ0v) is 18.2. The average molecular weight is 416 g/mol. The van der Waals surface area contributed by atoms with Crippen molar-refractivity contribution in [2.75, 3.05) is 13.1 Å². The SMILES string of the molecule is Cc1cccnc1CN(Cc1ncccc1C)C1CCN(C(=O)c2ccccn2)CC1. The molecule has 6 nitrogen and oxygen atoms in total. The summed E-state index contributed by atoms with van der Waals surface area (Å²) in [5.41, 5.74) is 5.12. The maximum absolute atomic E-state index is 12.8. The summed E-state index contributed by atoms with van der Waals surface area (Å²) in [6.07, 6.45) is 7.25. The van der Waals surface area contributed by atoms with Gasteiger partial charge in [0.1, 0.15) is 5.69 Å². The maximum atomic E-state index is 12.8. The van der Waals surface area contributed by atoms with Gasteiger partial charge in [-0.2, -0.15) is 0 Å². The molecule has 0 aliphatic carbocycles. The van der Waals surface area contributed by atoms with E-state index in [1.165, 1.54) is 11.1 Å². The van der Waals surface area contributed by atoms with E-state index in [9.17, 15) is 4.79 Å². The quantitative estimate of drug-likeness (QED) is 0.613. The summed E-state index contributed by atoms with van der Waals surface area (Å²) >= 11 is 0. The molecule has 0 atom stereocenters. The zero-order valence-electron chi connectivity index (χ0n) is 18.2. The van der Waals surface area contributed by atoms with Crippen molar-refractivity contribution >= 4 is 5.91 Å². The molecule has 4 rings (SSSR count). The van der Waals surface area contributed by atoms with Crippen LogP contribution in [0.2, 0.25) is 0 Å². The third kappa shape index (κ3) is 5.14. The molecule has 1 amide bonds. The monoisotopic (exact) mass is 415 g/mol. The zero-order chi connectivity index (χ0) is 21.6. The number of hydrogen-bond acceptors (Lipinski definition) is 5. The number of carbonyl (C=O) groups excluding carboxylic acids is 1. The van der Waals surface area contributed by atoms with Gasteiger partial charge in [0.2, 0.25) is 0 Å². The Balaban J connectivity index is 1.48. The number of pyridine rings is 3. The van der Waals surface area contributed by atoms with E-state index in [1.54, 1.807) is 12.3 Å². The van der Waals surface area contributed by atoms with Crippen molar-refractivity contribution in [1.82, 2.24) is 24.8 Å². The van der Waals surface area contributed by atoms with Crippen LogP contribution in [0.3, 0.4) is 0 Å². The highest BCUT2D eigenvalue weighted by Crippen LogP contribution is 2.23. The lowest BCUT2D eigenvalue weighted by Gasteiger charge is -2.38. The lowest BCUT2D eigenvalue weighted by atomic mass is 10.0.